The molecule has 0 saturated heterocycles. The molecule has 2 rings (SSSR count). The summed E-state index contributed by atoms with van der Waals surface area (Å²) in [6.45, 7) is 0. The molecule has 0 bridgehead atoms. The predicted octanol–water partition coefficient (Wildman–Crippen LogP) is 4.99. The van der Waals surface area contributed by atoms with Crippen LogP contribution in [0.2, 0.25) is 10.0 Å². The molecule has 0 aromatic heterocycles. The van der Waals surface area contributed by atoms with Crippen LogP contribution in [0, 0.1) is 0 Å². The van der Waals surface area contributed by atoms with Gasteiger partial charge < -0.3 is 0 Å². The SMILES string of the molecule is O=C(c1ccccc1Cl)c1cc(Cl)ccc1Br. The molecule has 0 atom stereocenters. The van der Waals surface area contributed by atoms with Crippen molar-refractivity contribution in [3.8, 4) is 0 Å². The van der Waals surface area contributed by atoms with E-state index in [1.807, 2.05) is 0 Å². The van der Waals surface area contributed by atoms with Crippen molar-refractivity contribution in [3.05, 3.63) is 68.1 Å². The van der Waals surface area contributed by atoms with Crippen molar-refractivity contribution in [1.29, 1.82) is 0 Å². The number of hydrogen-bond acceptors (Lipinski definition) is 1. The van der Waals surface area contributed by atoms with Crippen LogP contribution in [0.3, 0.4) is 0 Å². The third kappa shape index (κ3) is 2.71. The van der Waals surface area contributed by atoms with Crippen molar-refractivity contribution >= 4 is 44.9 Å². The maximum absolute atomic E-state index is 12.3. The Hall–Kier alpha value is -0.830. The van der Waals surface area contributed by atoms with Crippen LogP contribution in [0.1, 0.15) is 15.9 Å². The Bertz CT molecular complexity index is 581. The van der Waals surface area contributed by atoms with Gasteiger partial charge in [0.15, 0.2) is 5.78 Å². The molecule has 0 saturated carbocycles. The van der Waals surface area contributed by atoms with Gasteiger partial charge in [0.25, 0.3) is 0 Å². The second kappa shape index (κ2) is 5.21. The first kappa shape index (κ1) is 12.6. The maximum Gasteiger partial charge on any atom is 0.195 e. The van der Waals surface area contributed by atoms with Gasteiger partial charge >= 0.3 is 0 Å². The van der Waals surface area contributed by atoms with E-state index in [9.17, 15) is 4.79 Å². The first-order valence-electron chi connectivity index (χ1n) is 4.84. The van der Waals surface area contributed by atoms with Gasteiger partial charge in [0, 0.05) is 20.6 Å². The van der Waals surface area contributed by atoms with Gasteiger partial charge in [0.05, 0.1) is 5.02 Å². The second-order valence-electron chi connectivity index (χ2n) is 3.43. The average molecular weight is 330 g/mol. The molecule has 0 radical (unpaired) electrons. The van der Waals surface area contributed by atoms with E-state index in [4.69, 9.17) is 23.2 Å². The molecule has 0 unspecified atom stereocenters. The fourth-order valence-electron chi connectivity index (χ4n) is 1.46. The molecular weight excluding hydrogens is 323 g/mol. The van der Waals surface area contributed by atoms with Crippen LogP contribution in [0.4, 0.5) is 0 Å². The third-order valence-corrected chi connectivity index (χ3v) is 3.55. The van der Waals surface area contributed by atoms with Crippen molar-refractivity contribution in [2.45, 2.75) is 0 Å². The summed E-state index contributed by atoms with van der Waals surface area (Å²) in [5, 5.41) is 0.952. The lowest BCUT2D eigenvalue weighted by Gasteiger charge is -2.06. The fraction of sp³-hybridized carbons (Fsp3) is 0. The van der Waals surface area contributed by atoms with E-state index >= 15 is 0 Å². The van der Waals surface area contributed by atoms with Crippen LogP contribution < -0.4 is 0 Å². The molecule has 2 aromatic carbocycles. The van der Waals surface area contributed by atoms with E-state index in [1.54, 1.807) is 42.5 Å². The van der Waals surface area contributed by atoms with E-state index in [1.165, 1.54) is 0 Å². The first-order chi connectivity index (χ1) is 8.09. The number of benzene rings is 2. The Morgan fingerprint density at radius 2 is 1.71 bits per heavy atom. The number of carbonyl (C=O) groups excluding carboxylic acids is 1. The molecule has 0 fully saturated rings. The Morgan fingerprint density at radius 1 is 1.00 bits per heavy atom. The van der Waals surface area contributed by atoms with Crippen LogP contribution in [-0.4, -0.2) is 5.78 Å². The molecule has 0 N–H and O–H groups in total. The number of ketones is 1. The molecule has 17 heavy (non-hydrogen) atoms. The number of carbonyl (C=O) groups is 1. The highest BCUT2D eigenvalue weighted by atomic mass is 79.9. The highest BCUT2D eigenvalue weighted by Crippen LogP contribution is 2.26. The van der Waals surface area contributed by atoms with Gasteiger partial charge in [-0.2, -0.15) is 0 Å². The summed E-state index contributed by atoms with van der Waals surface area (Å²) < 4.78 is 0.701. The van der Waals surface area contributed by atoms with Crippen LogP contribution in [0.5, 0.6) is 0 Å². The van der Waals surface area contributed by atoms with Gasteiger partial charge in [-0.1, -0.05) is 51.3 Å². The molecule has 1 nitrogen and oxygen atoms in total. The Kier molecular flexibility index (Phi) is 3.87. The lowest BCUT2D eigenvalue weighted by Crippen LogP contribution is -2.03. The summed E-state index contributed by atoms with van der Waals surface area (Å²) in [4.78, 5) is 12.3. The molecule has 0 amide bonds. The van der Waals surface area contributed by atoms with Crippen LogP contribution >= 0.6 is 39.1 Å². The predicted molar refractivity (Wildman–Crippen MR) is 74.0 cm³/mol. The van der Waals surface area contributed by atoms with Gasteiger partial charge in [0.1, 0.15) is 0 Å². The largest absolute Gasteiger partial charge is 0.289 e. The van der Waals surface area contributed by atoms with Crippen molar-refractivity contribution in [2.24, 2.45) is 0 Å². The van der Waals surface area contributed by atoms with E-state index < -0.39 is 0 Å². The van der Waals surface area contributed by atoms with Gasteiger partial charge in [-0.25, -0.2) is 0 Å². The van der Waals surface area contributed by atoms with Crippen molar-refractivity contribution in [1.82, 2.24) is 0 Å². The van der Waals surface area contributed by atoms with Gasteiger partial charge in [-0.3, -0.25) is 4.79 Å². The summed E-state index contributed by atoms with van der Waals surface area (Å²) in [5.41, 5.74) is 0.975. The Labute approximate surface area is 117 Å². The summed E-state index contributed by atoms with van der Waals surface area (Å²) in [7, 11) is 0. The topological polar surface area (TPSA) is 17.1 Å². The van der Waals surface area contributed by atoms with Gasteiger partial charge in [-0.15, -0.1) is 0 Å². The standard InChI is InChI=1S/C13H7BrCl2O/c14-11-6-5-8(15)7-10(11)13(17)9-3-1-2-4-12(9)16/h1-7H. The zero-order valence-electron chi connectivity index (χ0n) is 8.58. The van der Waals surface area contributed by atoms with Crippen LogP contribution in [0.15, 0.2) is 46.9 Å². The Balaban J connectivity index is 2.51. The lowest BCUT2D eigenvalue weighted by atomic mass is 10.0. The molecule has 86 valence electrons. The summed E-state index contributed by atoms with van der Waals surface area (Å²) in [6, 6.07) is 12.0. The normalized spacial score (nSPS) is 10.3. The quantitative estimate of drug-likeness (QED) is 0.709. The van der Waals surface area contributed by atoms with Crippen molar-refractivity contribution < 1.29 is 4.79 Å². The second-order valence-corrected chi connectivity index (χ2v) is 5.13. The highest BCUT2D eigenvalue weighted by molar-refractivity contribution is 9.10. The lowest BCUT2D eigenvalue weighted by molar-refractivity contribution is 0.103. The molecule has 0 heterocycles. The Morgan fingerprint density at radius 3 is 2.41 bits per heavy atom. The zero-order chi connectivity index (χ0) is 12.4. The van der Waals surface area contributed by atoms with Crippen molar-refractivity contribution in [3.63, 3.8) is 0 Å². The minimum Gasteiger partial charge on any atom is -0.289 e. The van der Waals surface area contributed by atoms with Crippen LogP contribution in [-0.2, 0) is 0 Å². The molecule has 0 aliphatic heterocycles. The minimum absolute atomic E-state index is 0.148. The molecule has 0 aliphatic carbocycles. The molecule has 4 heteroatoms. The smallest absolute Gasteiger partial charge is 0.195 e. The monoisotopic (exact) mass is 328 g/mol. The van der Waals surface area contributed by atoms with E-state index in [0.717, 1.165) is 0 Å². The molecular formula is C13H7BrCl2O. The van der Waals surface area contributed by atoms with Crippen molar-refractivity contribution in [2.75, 3.05) is 0 Å². The fourth-order valence-corrected chi connectivity index (χ4v) is 2.28. The number of halogens is 3. The number of hydrogen-bond donors (Lipinski definition) is 0. The third-order valence-electron chi connectivity index (χ3n) is 2.29. The zero-order valence-corrected chi connectivity index (χ0v) is 11.7. The highest BCUT2D eigenvalue weighted by Gasteiger charge is 2.15. The van der Waals surface area contributed by atoms with E-state index in [0.29, 0.717) is 25.6 Å². The summed E-state index contributed by atoms with van der Waals surface area (Å²) in [6.07, 6.45) is 0. The molecule has 2 aromatic rings. The number of rotatable bonds is 2. The summed E-state index contributed by atoms with van der Waals surface area (Å²) in [5.74, 6) is -0.148. The van der Waals surface area contributed by atoms with Gasteiger partial charge in [-0.05, 0) is 30.3 Å². The van der Waals surface area contributed by atoms with Gasteiger partial charge in [0.2, 0.25) is 0 Å². The maximum atomic E-state index is 12.3. The molecule has 0 aliphatic rings. The van der Waals surface area contributed by atoms with E-state index in [-0.39, 0.29) is 5.78 Å². The molecule has 0 spiro atoms. The first-order valence-corrected chi connectivity index (χ1v) is 6.39. The average Bonchev–Trinajstić information content (AvgIpc) is 2.32. The minimum atomic E-state index is -0.148. The van der Waals surface area contributed by atoms with Crippen LogP contribution in [0.25, 0.3) is 0 Å². The summed E-state index contributed by atoms with van der Waals surface area (Å²) >= 11 is 15.2. The van der Waals surface area contributed by atoms with E-state index in [2.05, 4.69) is 15.9 Å².